The molecule has 0 unspecified atom stereocenters. The summed E-state index contributed by atoms with van der Waals surface area (Å²) in [6.45, 7) is 0. The molecule has 8 nitrogen and oxygen atoms in total. The van der Waals surface area contributed by atoms with Crippen LogP contribution in [-0.4, -0.2) is 18.0 Å². The average Bonchev–Trinajstić information content (AvgIpc) is 1.59. The Labute approximate surface area is 49.5 Å². The van der Waals surface area contributed by atoms with Gasteiger partial charge >= 0.3 is 10.4 Å². The van der Waals surface area contributed by atoms with Crippen LogP contribution in [0.15, 0.2) is 0 Å². The highest BCUT2D eigenvalue weighted by Crippen LogP contribution is 1.93. The molecule has 9 heavy (non-hydrogen) atoms. The third-order valence-corrected chi connectivity index (χ3v) is 0.449. The van der Waals surface area contributed by atoms with Crippen LogP contribution in [0.5, 0.6) is 0 Å². The van der Waals surface area contributed by atoms with Crippen LogP contribution in [0.25, 0.3) is 5.59 Å². The molecule has 0 aromatic rings. The van der Waals surface area contributed by atoms with E-state index >= 15 is 0 Å². The van der Waals surface area contributed by atoms with Crippen molar-refractivity contribution in [3.63, 3.8) is 0 Å². The largest absolute Gasteiger partial charge is 0.389 e. The Morgan fingerprint density at radius 2 is 2.11 bits per heavy atom. The van der Waals surface area contributed by atoms with Crippen molar-refractivity contribution in [2.24, 2.45) is 0 Å². The third-order valence-electron chi connectivity index (χ3n) is 0.194. The Balaban J connectivity index is 3.67. The number of nitro groups is 1. The molecule has 0 amide bonds. The molecule has 0 aliphatic rings. The van der Waals surface area contributed by atoms with Crippen LogP contribution in [0.1, 0.15) is 0 Å². The number of hydrogen-bond acceptors (Lipinski definition) is 5. The van der Waals surface area contributed by atoms with Crippen LogP contribution in [-0.2, 0) is 14.7 Å². The predicted molar refractivity (Wildman–Crippen MR) is 23.0 cm³/mol. The van der Waals surface area contributed by atoms with E-state index in [4.69, 9.17) is 4.55 Å². The molecule has 0 radical (unpaired) electrons. The normalized spacial score (nSPS) is 10.8. The highest BCUT2D eigenvalue weighted by molar-refractivity contribution is 7.80. The maximum absolute atomic E-state index is 9.47. The van der Waals surface area contributed by atoms with Gasteiger partial charge in [-0.25, -0.2) is 5.59 Å². The van der Waals surface area contributed by atoms with Gasteiger partial charge in [0.1, 0.15) is 0 Å². The zero-order valence-electron chi connectivity index (χ0n) is 3.79. The lowest BCUT2D eigenvalue weighted by Gasteiger charge is -2.04. The molecule has 0 heterocycles. The van der Waals surface area contributed by atoms with E-state index in [0.717, 1.165) is 0 Å². The number of rotatable bonds is 3. The molecule has 0 aliphatic heterocycles. The van der Waals surface area contributed by atoms with E-state index in [1.54, 1.807) is 5.59 Å². The standard InChI is InChI=1S/HN2O6S/c3-2(4)1-8-9(5,6)7/h(H,5,6,7)/q-1. The summed E-state index contributed by atoms with van der Waals surface area (Å²) in [6.07, 6.45) is 0. The monoisotopic (exact) mass is 157 g/mol. The van der Waals surface area contributed by atoms with Gasteiger partial charge in [-0.15, -0.1) is 0 Å². The van der Waals surface area contributed by atoms with Gasteiger partial charge in [-0.1, -0.05) is 0 Å². The van der Waals surface area contributed by atoms with Crippen LogP contribution in [0.3, 0.4) is 0 Å². The van der Waals surface area contributed by atoms with Gasteiger partial charge in [0.15, 0.2) is 0 Å². The van der Waals surface area contributed by atoms with Crippen molar-refractivity contribution in [2.45, 2.75) is 0 Å². The average molecular weight is 157 g/mol. The molecule has 0 atom stereocenters. The van der Waals surface area contributed by atoms with E-state index in [1.165, 1.54) is 0 Å². The quantitative estimate of drug-likeness (QED) is 0.328. The smallest absolute Gasteiger partial charge is 0.267 e. The maximum Gasteiger partial charge on any atom is 0.389 e. The molecule has 0 fully saturated rings. The topological polar surface area (TPSA) is 121 Å². The van der Waals surface area contributed by atoms with Crippen molar-refractivity contribution in [2.75, 3.05) is 0 Å². The predicted octanol–water partition coefficient (Wildman–Crippen LogP) is -0.714. The SMILES string of the molecule is O=[N+]([O-])[N-]OS(=O)(=O)O. The first kappa shape index (κ1) is 8.07. The Kier molecular flexibility index (Phi) is 2.30. The van der Waals surface area contributed by atoms with Crippen LogP contribution >= 0.6 is 0 Å². The molecule has 0 aromatic heterocycles. The second-order valence-electron chi connectivity index (χ2n) is 0.822. The Morgan fingerprint density at radius 3 is 2.22 bits per heavy atom. The van der Waals surface area contributed by atoms with Crippen molar-refractivity contribution < 1.29 is 22.3 Å². The van der Waals surface area contributed by atoms with Crippen LogP contribution < -0.4 is 0 Å². The summed E-state index contributed by atoms with van der Waals surface area (Å²) >= 11 is 0. The van der Waals surface area contributed by atoms with Gasteiger partial charge in [-0.05, 0) is 0 Å². The van der Waals surface area contributed by atoms with Gasteiger partial charge < -0.3 is 0 Å². The van der Waals surface area contributed by atoms with Gasteiger partial charge in [0.05, 0.1) is 0 Å². The highest BCUT2D eigenvalue weighted by atomic mass is 32.3. The molecule has 1 N–H and O–H groups in total. The van der Waals surface area contributed by atoms with E-state index < -0.39 is 15.4 Å². The van der Waals surface area contributed by atoms with Crippen LogP contribution in [0.4, 0.5) is 0 Å². The second-order valence-corrected chi connectivity index (χ2v) is 1.83. The van der Waals surface area contributed by atoms with E-state index in [2.05, 4.69) is 4.28 Å². The molecule has 0 aromatic carbocycles. The van der Waals surface area contributed by atoms with Gasteiger partial charge in [0.25, 0.3) is 0 Å². The second kappa shape index (κ2) is 2.57. The fourth-order valence-corrected chi connectivity index (χ4v) is 0.208. The van der Waals surface area contributed by atoms with E-state index in [1.807, 2.05) is 0 Å². The fraction of sp³-hybridized carbons (Fsp3) is 0. The molecule has 9 heteroatoms. The lowest BCUT2D eigenvalue weighted by Crippen LogP contribution is -2.02. The summed E-state index contributed by atoms with van der Waals surface area (Å²) in [5.74, 6) is 0. The Morgan fingerprint density at radius 1 is 1.67 bits per heavy atom. The summed E-state index contributed by atoms with van der Waals surface area (Å²) in [5.41, 5.74) is 1.78. The third kappa shape index (κ3) is 7.07. The fourth-order valence-electron chi connectivity index (χ4n) is 0.0693. The summed E-state index contributed by atoms with van der Waals surface area (Å²) in [4.78, 5) is 9.18. The maximum atomic E-state index is 9.47. The summed E-state index contributed by atoms with van der Waals surface area (Å²) in [6, 6.07) is 0. The first-order valence-corrected chi connectivity index (χ1v) is 2.80. The molecular formula is HN2O6S-. The van der Waals surface area contributed by atoms with Crippen molar-refractivity contribution in [3.8, 4) is 0 Å². The minimum atomic E-state index is -4.83. The molecule has 0 aliphatic carbocycles. The van der Waals surface area contributed by atoms with Crippen molar-refractivity contribution in [3.05, 3.63) is 15.7 Å². The molecule has 0 saturated carbocycles. The van der Waals surface area contributed by atoms with E-state index in [9.17, 15) is 18.5 Å². The first-order valence-electron chi connectivity index (χ1n) is 1.43. The molecule has 0 rings (SSSR count). The van der Waals surface area contributed by atoms with Gasteiger partial charge in [-0.3, -0.25) is 19.0 Å². The summed E-state index contributed by atoms with van der Waals surface area (Å²) in [7, 11) is -4.83. The van der Waals surface area contributed by atoms with Gasteiger partial charge in [0, 0.05) is 5.03 Å². The van der Waals surface area contributed by atoms with Crippen molar-refractivity contribution in [1.82, 2.24) is 0 Å². The molecular weight excluding hydrogens is 156 g/mol. The van der Waals surface area contributed by atoms with E-state index in [0.29, 0.717) is 0 Å². The molecule has 0 saturated heterocycles. The van der Waals surface area contributed by atoms with Crippen molar-refractivity contribution in [1.29, 1.82) is 0 Å². The molecule has 0 bridgehead atoms. The Hall–Kier alpha value is -0.930. The zero-order valence-corrected chi connectivity index (χ0v) is 4.61. The van der Waals surface area contributed by atoms with Gasteiger partial charge in [0.2, 0.25) is 0 Å². The summed E-state index contributed by atoms with van der Waals surface area (Å²) in [5, 5.41) is 7.78. The first-order chi connectivity index (χ1) is 3.92. The van der Waals surface area contributed by atoms with Crippen LogP contribution in [0, 0.1) is 10.1 Å². The lowest BCUT2D eigenvalue weighted by atomic mass is 12.6. The summed E-state index contributed by atoms with van der Waals surface area (Å²) < 4.78 is 29.5. The molecule has 0 spiro atoms. The number of hydrogen-bond donors (Lipinski definition) is 1. The van der Waals surface area contributed by atoms with Crippen molar-refractivity contribution >= 4 is 10.4 Å². The Bertz CT molecular complexity index is 189. The minimum absolute atomic E-state index is 1.41. The molecule has 54 valence electrons. The van der Waals surface area contributed by atoms with E-state index in [-0.39, 0.29) is 0 Å². The van der Waals surface area contributed by atoms with Crippen LogP contribution in [0.2, 0.25) is 0 Å². The zero-order chi connectivity index (χ0) is 7.49. The number of nitrogens with zero attached hydrogens (tertiary/aromatic N) is 2. The minimum Gasteiger partial charge on any atom is -0.267 e. The lowest BCUT2D eigenvalue weighted by molar-refractivity contribution is -0.455. The highest BCUT2D eigenvalue weighted by Gasteiger charge is 1.97. The van der Waals surface area contributed by atoms with Gasteiger partial charge in [-0.2, -0.15) is 8.42 Å².